The monoisotopic (exact) mass is 463 g/mol. The van der Waals surface area contributed by atoms with Crippen molar-refractivity contribution < 1.29 is 22.8 Å². The Kier molecular flexibility index (Phi) is 6.66. The number of nitrogens with zero attached hydrogens (tertiary/aromatic N) is 2. The fourth-order valence-electron chi connectivity index (χ4n) is 3.34. The topological polar surface area (TPSA) is 104 Å². The molecule has 3 amide bonds. The number of rotatable bonds is 7. The number of amides is 3. The minimum atomic E-state index is -4.15. The Hall–Kier alpha value is -2.91. The number of likely N-dealkylation sites (N-methyl/N-ethyl adjacent to an activating group) is 1. The Balaban J connectivity index is 1.89. The van der Waals surface area contributed by atoms with Crippen molar-refractivity contribution in [1.29, 1.82) is 0 Å². The fraction of sp³-hybridized carbons (Fsp3) is 0.286. The highest BCUT2D eigenvalue weighted by atomic mass is 35.5. The van der Waals surface area contributed by atoms with Crippen LogP contribution >= 0.6 is 11.6 Å². The van der Waals surface area contributed by atoms with Crippen LogP contribution in [0.25, 0.3) is 0 Å². The Morgan fingerprint density at radius 1 is 1.16 bits per heavy atom. The maximum atomic E-state index is 13.2. The number of benzene rings is 2. The number of nitrogens with one attached hydrogen (secondary N) is 1. The molecule has 1 N–H and O–H groups in total. The summed E-state index contributed by atoms with van der Waals surface area (Å²) in [5, 5.41) is 3.11. The van der Waals surface area contributed by atoms with Gasteiger partial charge in [-0.3, -0.25) is 14.4 Å². The van der Waals surface area contributed by atoms with E-state index in [4.69, 9.17) is 11.6 Å². The van der Waals surface area contributed by atoms with Crippen LogP contribution in [0, 0.1) is 0 Å². The largest absolute Gasteiger partial charge is 0.355 e. The van der Waals surface area contributed by atoms with Crippen molar-refractivity contribution in [2.24, 2.45) is 0 Å². The quantitative estimate of drug-likeness (QED) is 0.676. The van der Waals surface area contributed by atoms with Crippen molar-refractivity contribution in [2.45, 2.75) is 31.3 Å². The highest BCUT2D eigenvalue weighted by Gasteiger charge is 2.43. The molecular formula is C21H22ClN3O5S. The van der Waals surface area contributed by atoms with Gasteiger partial charge in [0.25, 0.3) is 15.9 Å². The van der Waals surface area contributed by atoms with Gasteiger partial charge in [0.15, 0.2) is 0 Å². The first-order valence-electron chi connectivity index (χ1n) is 9.64. The lowest BCUT2D eigenvalue weighted by atomic mass is 10.1. The van der Waals surface area contributed by atoms with E-state index in [1.54, 1.807) is 44.2 Å². The van der Waals surface area contributed by atoms with Gasteiger partial charge in [-0.1, -0.05) is 35.9 Å². The van der Waals surface area contributed by atoms with Gasteiger partial charge in [-0.25, -0.2) is 12.7 Å². The third-order valence-electron chi connectivity index (χ3n) is 4.95. The number of fused-ring (bicyclic) bond motifs is 1. The van der Waals surface area contributed by atoms with Gasteiger partial charge in [0.05, 0.1) is 5.56 Å². The maximum absolute atomic E-state index is 13.2. The number of halogens is 1. The second kappa shape index (κ2) is 9.07. The van der Waals surface area contributed by atoms with E-state index in [0.29, 0.717) is 21.4 Å². The Morgan fingerprint density at radius 3 is 2.52 bits per heavy atom. The lowest BCUT2D eigenvalue weighted by molar-refractivity contribution is -0.140. The van der Waals surface area contributed by atoms with Gasteiger partial charge in [0.2, 0.25) is 11.8 Å². The standard InChI is InChI=1S/C21H22ClN3O5S/c1-3-23-20(27)14(2)24(12-15-7-6-8-16(22)11-15)19(26)13-25-21(28)17-9-4-5-10-18(17)31(25,29)30/h4-11,14H,3,12-13H2,1-2H3,(H,23,27)/t14-/m0/s1. The van der Waals surface area contributed by atoms with Crippen molar-refractivity contribution in [1.82, 2.24) is 14.5 Å². The Morgan fingerprint density at radius 2 is 1.87 bits per heavy atom. The summed E-state index contributed by atoms with van der Waals surface area (Å²) in [6, 6.07) is 11.7. The number of sulfonamides is 1. The number of carbonyl (C=O) groups is 3. The van der Waals surface area contributed by atoms with E-state index in [-0.39, 0.29) is 17.0 Å². The zero-order valence-corrected chi connectivity index (χ0v) is 18.6. The van der Waals surface area contributed by atoms with Gasteiger partial charge in [-0.05, 0) is 43.7 Å². The molecule has 1 aliphatic heterocycles. The van der Waals surface area contributed by atoms with Gasteiger partial charge in [-0.2, -0.15) is 0 Å². The minimum Gasteiger partial charge on any atom is -0.355 e. The zero-order valence-electron chi connectivity index (χ0n) is 17.0. The highest BCUT2D eigenvalue weighted by Crippen LogP contribution is 2.30. The maximum Gasteiger partial charge on any atom is 0.269 e. The normalized spacial score (nSPS) is 15.3. The van der Waals surface area contributed by atoms with E-state index in [9.17, 15) is 22.8 Å². The molecule has 0 aromatic heterocycles. The second-order valence-electron chi connectivity index (χ2n) is 7.04. The Bertz CT molecular complexity index is 1140. The van der Waals surface area contributed by atoms with Gasteiger partial charge in [-0.15, -0.1) is 0 Å². The molecule has 0 radical (unpaired) electrons. The molecular weight excluding hydrogens is 442 g/mol. The van der Waals surface area contributed by atoms with Crippen LogP contribution in [-0.2, 0) is 26.2 Å². The zero-order chi connectivity index (χ0) is 22.8. The summed E-state index contributed by atoms with van der Waals surface area (Å²) in [5.41, 5.74) is 0.685. The molecule has 0 aliphatic carbocycles. The van der Waals surface area contributed by atoms with Crippen LogP contribution < -0.4 is 5.32 Å². The van der Waals surface area contributed by atoms with Crippen LogP contribution in [0.3, 0.4) is 0 Å². The number of hydrogen-bond donors (Lipinski definition) is 1. The summed E-state index contributed by atoms with van der Waals surface area (Å²) in [7, 11) is -4.15. The van der Waals surface area contributed by atoms with Crippen LogP contribution in [-0.4, -0.2) is 54.5 Å². The van der Waals surface area contributed by atoms with E-state index < -0.39 is 40.3 Å². The minimum absolute atomic E-state index is 0.0206. The summed E-state index contributed by atoms with van der Waals surface area (Å²) >= 11 is 6.03. The van der Waals surface area contributed by atoms with Gasteiger partial charge in [0, 0.05) is 18.1 Å². The van der Waals surface area contributed by atoms with Gasteiger partial charge in [0.1, 0.15) is 17.5 Å². The first-order chi connectivity index (χ1) is 14.7. The van der Waals surface area contributed by atoms with Crippen molar-refractivity contribution >= 4 is 39.3 Å². The smallest absolute Gasteiger partial charge is 0.269 e. The molecule has 164 valence electrons. The predicted molar refractivity (Wildman–Crippen MR) is 115 cm³/mol. The average molecular weight is 464 g/mol. The molecule has 31 heavy (non-hydrogen) atoms. The molecule has 0 fully saturated rings. The summed E-state index contributed by atoms with van der Waals surface area (Å²) in [5.74, 6) is -1.84. The predicted octanol–water partition coefficient (Wildman–Crippen LogP) is 2.04. The number of carbonyl (C=O) groups excluding carboxylic acids is 3. The molecule has 8 nitrogen and oxygen atoms in total. The average Bonchev–Trinajstić information content (AvgIpc) is 2.92. The van der Waals surface area contributed by atoms with E-state index in [1.165, 1.54) is 23.1 Å². The van der Waals surface area contributed by atoms with Crippen LogP contribution in [0.2, 0.25) is 5.02 Å². The molecule has 1 aliphatic rings. The van der Waals surface area contributed by atoms with Crippen molar-refractivity contribution in [2.75, 3.05) is 13.1 Å². The first-order valence-corrected chi connectivity index (χ1v) is 11.5. The molecule has 10 heteroatoms. The number of hydrogen-bond acceptors (Lipinski definition) is 5. The molecule has 0 bridgehead atoms. The van der Waals surface area contributed by atoms with E-state index in [2.05, 4.69) is 5.32 Å². The van der Waals surface area contributed by atoms with Crippen molar-refractivity contribution in [3.63, 3.8) is 0 Å². The van der Waals surface area contributed by atoms with Gasteiger partial charge < -0.3 is 10.2 Å². The van der Waals surface area contributed by atoms with E-state index >= 15 is 0 Å². The van der Waals surface area contributed by atoms with E-state index in [1.807, 2.05) is 0 Å². The van der Waals surface area contributed by atoms with E-state index in [0.717, 1.165) is 0 Å². The molecule has 0 saturated heterocycles. The fourth-order valence-corrected chi connectivity index (χ4v) is 5.07. The summed E-state index contributed by atoms with van der Waals surface area (Å²) < 4.78 is 26.2. The Labute approximate surface area is 185 Å². The summed E-state index contributed by atoms with van der Waals surface area (Å²) in [6.45, 7) is 2.98. The highest BCUT2D eigenvalue weighted by molar-refractivity contribution is 7.90. The van der Waals surface area contributed by atoms with Crippen molar-refractivity contribution in [3.8, 4) is 0 Å². The van der Waals surface area contributed by atoms with Crippen LogP contribution in [0.4, 0.5) is 0 Å². The van der Waals surface area contributed by atoms with Crippen LogP contribution in [0.5, 0.6) is 0 Å². The molecule has 0 spiro atoms. The third-order valence-corrected chi connectivity index (χ3v) is 6.97. The molecule has 3 rings (SSSR count). The van der Waals surface area contributed by atoms with Crippen molar-refractivity contribution in [3.05, 3.63) is 64.7 Å². The first kappa shape index (κ1) is 22.8. The van der Waals surface area contributed by atoms with Crippen LogP contribution in [0.15, 0.2) is 53.4 Å². The molecule has 0 saturated carbocycles. The molecule has 1 atom stereocenters. The molecule has 2 aromatic carbocycles. The lowest BCUT2D eigenvalue weighted by Crippen LogP contribution is -2.51. The SMILES string of the molecule is CCNC(=O)[C@H](C)N(Cc1cccc(Cl)c1)C(=O)CN1C(=O)c2ccccc2S1(=O)=O. The summed E-state index contributed by atoms with van der Waals surface area (Å²) in [4.78, 5) is 39.4. The molecule has 2 aromatic rings. The van der Waals surface area contributed by atoms with Gasteiger partial charge >= 0.3 is 0 Å². The molecule has 1 heterocycles. The summed E-state index contributed by atoms with van der Waals surface area (Å²) in [6.07, 6.45) is 0. The second-order valence-corrected chi connectivity index (χ2v) is 9.30. The lowest BCUT2D eigenvalue weighted by Gasteiger charge is -2.30. The molecule has 0 unspecified atom stereocenters. The van der Waals surface area contributed by atoms with Crippen LogP contribution in [0.1, 0.15) is 29.8 Å². The third kappa shape index (κ3) is 4.57.